The summed E-state index contributed by atoms with van der Waals surface area (Å²) in [5.74, 6) is 0.0209. The maximum Gasteiger partial charge on any atom is 0.303 e. The Labute approximate surface area is 116 Å². The van der Waals surface area contributed by atoms with Gasteiger partial charge in [0, 0.05) is 19.5 Å². The zero-order chi connectivity index (χ0) is 14.5. The Bertz CT molecular complexity index is 325. The third-order valence-corrected chi connectivity index (χ3v) is 4.04. The van der Waals surface area contributed by atoms with Crippen molar-refractivity contribution in [3.63, 3.8) is 0 Å². The van der Waals surface area contributed by atoms with Gasteiger partial charge in [-0.2, -0.15) is 0 Å². The van der Waals surface area contributed by atoms with Crippen molar-refractivity contribution < 1.29 is 14.7 Å². The number of carbonyl (C=O) groups is 2. The second-order valence-corrected chi connectivity index (χ2v) is 6.50. The zero-order valence-electron chi connectivity index (χ0n) is 12.4. The number of carbonyl (C=O) groups excluding carboxylic acids is 1. The fourth-order valence-electron chi connectivity index (χ4n) is 2.82. The van der Waals surface area contributed by atoms with Gasteiger partial charge >= 0.3 is 5.97 Å². The molecule has 110 valence electrons. The van der Waals surface area contributed by atoms with Gasteiger partial charge in [0.15, 0.2) is 0 Å². The van der Waals surface area contributed by atoms with Crippen molar-refractivity contribution in [1.82, 2.24) is 4.90 Å². The van der Waals surface area contributed by atoms with Gasteiger partial charge in [-0.25, -0.2) is 0 Å². The number of hydrogen-bond donors (Lipinski definition) is 1. The van der Waals surface area contributed by atoms with E-state index in [-0.39, 0.29) is 12.3 Å². The standard InChI is InChI=1S/C15H27NO3/c1-4-12-6-5-8-16(9-7-12)13(17)10-15(2,3)11-14(18)19/h12H,4-11H2,1-3H3,(H,18,19). The topological polar surface area (TPSA) is 57.6 Å². The summed E-state index contributed by atoms with van der Waals surface area (Å²) in [5.41, 5.74) is -0.459. The maximum atomic E-state index is 12.3. The van der Waals surface area contributed by atoms with Gasteiger partial charge < -0.3 is 10.0 Å². The van der Waals surface area contributed by atoms with Crippen molar-refractivity contribution in [1.29, 1.82) is 0 Å². The van der Waals surface area contributed by atoms with Gasteiger partial charge in [0.25, 0.3) is 0 Å². The summed E-state index contributed by atoms with van der Waals surface area (Å²) in [6, 6.07) is 0. The molecule has 0 aromatic carbocycles. The van der Waals surface area contributed by atoms with Gasteiger partial charge in [-0.15, -0.1) is 0 Å². The molecule has 1 amide bonds. The van der Waals surface area contributed by atoms with Gasteiger partial charge in [-0.3, -0.25) is 9.59 Å². The first kappa shape index (κ1) is 16.0. The largest absolute Gasteiger partial charge is 0.481 e. The van der Waals surface area contributed by atoms with E-state index in [0.717, 1.165) is 31.8 Å². The molecule has 0 radical (unpaired) electrons. The highest BCUT2D eigenvalue weighted by atomic mass is 16.4. The highest BCUT2D eigenvalue weighted by molar-refractivity contribution is 5.78. The van der Waals surface area contributed by atoms with Crippen LogP contribution in [0.15, 0.2) is 0 Å². The van der Waals surface area contributed by atoms with Gasteiger partial charge in [0.2, 0.25) is 5.91 Å². The minimum atomic E-state index is -0.834. The van der Waals surface area contributed by atoms with Crippen LogP contribution in [0.2, 0.25) is 0 Å². The molecule has 0 bridgehead atoms. The van der Waals surface area contributed by atoms with Gasteiger partial charge in [0.1, 0.15) is 0 Å². The average molecular weight is 269 g/mol. The van der Waals surface area contributed by atoms with E-state index < -0.39 is 11.4 Å². The second kappa shape index (κ2) is 6.92. The Kier molecular flexibility index (Phi) is 5.83. The number of likely N-dealkylation sites (tertiary alicyclic amines) is 1. The minimum Gasteiger partial charge on any atom is -0.481 e. The van der Waals surface area contributed by atoms with Crippen molar-refractivity contribution in [3.8, 4) is 0 Å². The minimum absolute atomic E-state index is 0.0458. The first-order valence-corrected chi connectivity index (χ1v) is 7.33. The first-order valence-electron chi connectivity index (χ1n) is 7.33. The van der Waals surface area contributed by atoms with Crippen molar-refractivity contribution in [3.05, 3.63) is 0 Å². The molecule has 1 saturated heterocycles. The van der Waals surface area contributed by atoms with Crippen LogP contribution in [0, 0.1) is 11.3 Å². The lowest BCUT2D eigenvalue weighted by Crippen LogP contribution is -2.35. The molecule has 0 aromatic rings. The number of nitrogens with zero attached hydrogens (tertiary/aromatic N) is 1. The SMILES string of the molecule is CCC1CCCN(C(=O)CC(C)(C)CC(=O)O)CC1. The molecule has 0 spiro atoms. The van der Waals surface area contributed by atoms with Crippen LogP contribution in [0.5, 0.6) is 0 Å². The summed E-state index contributed by atoms with van der Waals surface area (Å²) in [7, 11) is 0. The van der Waals surface area contributed by atoms with E-state index in [1.54, 1.807) is 0 Å². The molecule has 1 unspecified atom stereocenters. The van der Waals surface area contributed by atoms with Crippen molar-refractivity contribution >= 4 is 11.9 Å². The van der Waals surface area contributed by atoms with E-state index in [1.807, 2.05) is 18.7 Å². The van der Waals surface area contributed by atoms with E-state index >= 15 is 0 Å². The fourth-order valence-corrected chi connectivity index (χ4v) is 2.82. The van der Waals surface area contributed by atoms with E-state index in [2.05, 4.69) is 6.92 Å². The van der Waals surface area contributed by atoms with Gasteiger partial charge in [-0.1, -0.05) is 27.2 Å². The Morgan fingerprint density at radius 1 is 1.21 bits per heavy atom. The van der Waals surface area contributed by atoms with Crippen LogP contribution in [-0.4, -0.2) is 35.0 Å². The van der Waals surface area contributed by atoms with E-state index in [9.17, 15) is 9.59 Å². The van der Waals surface area contributed by atoms with Crippen LogP contribution in [0.25, 0.3) is 0 Å². The third-order valence-electron chi connectivity index (χ3n) is 4.04. The Morgan fingerprint density at radius 2 is 1.89 bits per heavy atom. The van der Waals surface area contributed by atoms with Crippen LogP contribution in [-0.2, 0) is 9.59 Å². The molecule has 1 N–H and O–H groups in total. The summed E-state index contributed by atoms with van der Waals surface area (Å²) in [6.45, 7) is 7.58. The average Bonchev–Trinajstić information content (AvgIpc) is 2.51. The molecular formula is C15H27NO3. The third kappa shape index (κ3) is 5.62. The number of hydrogen-bond acceptors (Lipinski definition) is 2. The molecule has 1 fully saturated rings. The second-order valence-electron chi connectivity index (χ2n) is 6.50. The summed E-state index contributed by atoms with van der Waals surface area (Å²) < 4.78 is 0. The van der Waals surface area contributed by atoms with Crippen molar-refractivity contribution in [2.24, 2.45) is 11.3 Å². The number of rotatable bonds is 5. The molecule has 19 heavy (non-hydrogen) atoms. The van der Waals surface area contributed by atoms with Crippen molar-refractivity contribution in [2.75, 3.05) is 13.1 Å². The lowest BCUT2D eigenvalue weighted by molar-refractivity contribution is -0.140. The van der Waals surface area contributed by atoms with Crippen LogP contribution >= 0.6 is 0 Å². The number of amides is 1. The van der Waals surface area contributed by atoms with Gasteiger partial charge in [0.05, 0.1) is 6.42 Å². The number of aliphatic carboxylic acids is 1. The lowest BCUT2D eigenvalue weighted by atomic mass is 9.85. The summed E-state index contributed by atoms with van der Waals surface area (Å²) in [4.78, 5) is 25.0. The predicted octanol–water partition coefficient (Wildman–Crippen LogP) is 2.92. The molecule has 1 heterocycles. The quantitative estimate of drug-likeness (QED) is 0.835. The molecule has 0 saturated carbocycles. The molecule has 1 atom stereocenters. The summed E-state index contributed by atoms with van der Waals surface area (Å²) >= 11 is 0. The molecule has 4 nitrogen and oxygen atoms in total. The molecular weight excluding hydrogens is 242 g/mol. The van der Waals surface area contributed by atoms with Crippen LogP contribution in [0.1, 0.15) is 59.3 Å². The van der Waals surface area contributed by atoms with E-state index in [0.29, 0.717) is 6.42 Å². The molecule has 0 aromatic heterocycles. The Hall–Kier alpha value is -1.06. The van der Waals surface area contributed by atoms with Crippen LogP contribution < -0.4 is 0 Å². The smallest absolute Gasteiger partial charge is 0.303 e. The summed E-state index contributed by atoms with van der Waals surface area (Å²) in [6.07, 6.45) is 4.93. The first-order chi connectivity index (χ1) is 8.84. The monoisotopic (exact) mass is 269 g/mol. The van der Waals surface area contributed by atoms with Crippen molar-refractivity contribution in [2.45, 2.75) is 59.3 Å². The number of carboxylic acids is 1. The highest BCUT2D eigenvalue weighted by Gasteiger charge is 2.28. The molecule has 1 aliphatic heterocycles. The molecule has 0 aliphatic carbocycles. The Morgan fingerprint density at radius 3 is 2.47 bits per heavy atom. The Balaban J connectivity index is 2.51. The normalized spacial score (nSPS) is 21.0. The molecule has 4 heteroatoms. The van der Waals surface area contributed by atoms with E-state index in [4.69, 9.17) is 5.11 Å². The molecule has 1 aliphatic rings. The van der Waals surface area contributed by atoms with Crippen LogP contribution in [0.4, 0.5) is 0 Å². The maximum absolute atomic E-state index is 12.3. The van der Waals surface area contributed by atoms with Gasteiger partial charge in [-0.05, 0) is 30.6 Å². The van der Waals surface area contributed by atoms with Crippen LogP contribution in [0.3, 0.4) is 0 Å². The summed E-state index contributed by atoms with van der Waals surface area (Å²) in [5, 5.41) is 8.86. The van der Waals surface area contributed by atoms with E-state index in [1.165, 1.54) is 12.8 Å². The fraction of sp³-hybridized carbons (Fsp3) is 0.867. The number of carboxylic acid groups (broad SMARTS) is 1. The lowest BCUT2D eigenvalue weighted by Gasteiger charge is -2.27. The highest BCUT2D eigenvalue weighted by Crippen LogP contribution is 2.27. The molecule has 1 rings (SSSR count). The zero-order valence-corrected chi connectivity index (χ0v) is 12.4. The predicted molar refractivity (Wildman–Crippen MR) is 74.9 cm³/mol.